The third kappa shape index (κ3) is 2.97. The minimum atomic E-state index is 0.214. The Morgan fingerprint density at radius 2 is 1.61 bits per heavy atom. The first-order chi connectivity index (χ1) is 15.7. The second kappa shape index (κ2) is 6.81. The summed E-state index contributed by atoms with van der Waals surface area (Å²) < 4.78 is 8.97. The van der Waals surface area contributed by atoms with Gasteiger partial charge in [-0.25, -0.2) is 4.57 Å². The Morgan fingerprint density at radius 1 is 0.818 bits per heavy atom. The molecule has 1 aliphatic heterocycles. The van der Waals surface area contributed by atoms with Crippen molar-refractivity contribution in [3.63, 3.8) is 0 Å². The maximum absolute atomic E-state index is 6.71. The average molecular weight is 433 g/mol. The highest BCUT2D eigenvalue weighted by molar-refractivity contribution is 6.17. The SMILES string of the molecule is Cc1c2c(cc3ccccc13)Oc1cc3c(CC(C)(C)C)ccc(C)c3c3cc[n+](C)c-2c13. The van der Waals surface area contributed by atoms with Crippen LogP contribution in [0.4, 0.5) is 0 Å². The molecule has 1 aromatic heterocycles. The van der Waals surface area contributed by atoms with Crippen molar-refractivity contribution < 1.29 is 9.30 Å². The molecule has 0 N–H and O–H groups in total. The Balaban J connectivity index is 1.77. The summed E-state index contributed by atoms with van der Waals surface area (Å²) in [6.45, 7) is 11.4. The van der Waals surface area contributed by atoms with Crippen LogP contribution in [0.1, 0.15) is 37.5 Å². The van der Waals surface area contributed by atoms with E-state index in [-0.39, 0.29) is 5.41 Å². The largest absolute Gasteiger partial charge is 0.456 e. The molecule has 0 saturated carbocycles. The van der Waals surface area contributed by atoms with Crippen LogP contribution in [-0.4, -0.2) is 0 Å². The molecule has 0 aliphatic carbocycles. The van der Waals surface area contributed by atoms with E-state index in [9.17, 15) is 0 Å². The molecule has 0 spiro atoms. The van der Waals surface area contributed by atoms with Crippen LogP contribution in [0.25, 0.3) is 43.6 Å². The molecular formula is C31H30NO+. The van der Waals surface area contributed by atoms with Gasteiger partial charge in [0, 0.05) is 11.5 Å². The molecule has 0 bridgehead atoms. The van der Waals surface area contributed by atoms with E-state index in [4.69, 9.17) is 4.74 Å². The molecule has 0 amide bonds. The van der Waals surface area contributed by atoms with E-state index in [0.29, 0.717) is 0 Å². The van der Waals surface area contributed by atoms with Crippen molar-refractivity contribution in [2.75, 3.05) is 0 Å². The van der Waals surface area contributed by atoms with Crippen LogP contribution in [0, 0.1) is 19.3 Å². The molecule has 0 atom stereocenters. The molecule has 0 saturated heterocycles. The van der Waals surface area contributed by atoms with Crippen molar-refractivity contribution in [1.29, 1.82) is 0 Å². The highest BCUT2D eigenvalue weighted by atomic mass is 16.5. The molecule has 4 aromatic carbocycles. The first-order valence-electron chi connectivity index (χ1n) is 11.8. The summed E-state index contributed by atoms with van der Waals surface area (Å²) in [6, 6.07) is 20.0. The van der Waals surface area contributed by atoms with Crippen LogP contribution in [0.15, 0.2) is 60.8 Å². The van der Waals surface area contributed by atoms with Crippen molar-refractivity contribution in [3.05, 3.63) is 77.5 Å². The van der Waals surface area contributed by atoms with Gasteiger partial charge in [-0.05, 0) is 76.1 Å². The van der Waals surface area contributed by atoms with Crippen molar-refractivity contribution in [2.24, 2.45) is 12.5 Å². The van der Waals surface area contributed by atoms with Crippen molar-refractivity contribution in [3.8, 4) is 22.8 Å². The Kier molecular flexibility index (Phi) is 4.17. The molecule has 0 radical (unpaired) electrons. The lowest BCUT2D eigenvalue weighted by Crippen LogP contribution is -2.31. The van der Waals surface area contributed by atoms with Crippen LogP contribution >= 0.6 is 0 Å². The van der Waals surface area contributed by atoms with Crippen LogP contribution < -0.4 is 9.30 Å². The smallest absolute Gasteiger partial charge is 0.228 e. The van der Waals surface area contributed by atoms with Gasteiger partial charge in [-0.15, -0.1) is 0 Å². The van der Waals surface area contributed by atoms with Gasteiger partial charge < -0.3 is 4.74 Å². The number of rotatable bonds is 1. The predicted octanol–water partition coefficient (Wildman–Crippen LogP) is 7.95. The third-order valence-electron chi connectivity index (χ3n) is 7.11. The first-order valence-corrected chi connectivity index (χ1v) is 11.8. The van der Waals surface area contributed by atoms with Crippen molar-refractivity contribution in [1.82, 2.24) is 0 Å². The molecule has 0 unspecified atom stereocenters. The molecule has 0 fully saturated rings. The number of benzene rings is 4. The number of hydrogen-bond donors (Lipinski definition) is 0. The van der Waals surface area contributed by atoms with E-state index in [1.54, 1.807) is 0 Å². The fraction of sp³-hybridized carbons (Fsp3) is 0.258. The number of pyridine rings is 1. The minimum Gasteiger partial charge on any atom is -0.456 e. The van der Waals surface area contributed by atoms with Crippen LogP contribution in [-0.2, 0) is 13.5 Å². The minimum absolute atomic E-state index is 0.214. The molecule has 5 aromatic rings. The Labute approximate surface area is 195 Å². The quantitative estimate of drug-likeness (QED) is 0.190. The zero-order valence-corrected chi connectivity index (χ0v) is 20.3. The lowest BCUT2D eigenvalue weighted by Gasteiger charge is -2.25. The van der Waals surface area contributed by atoms with Gasteiger partial charge >= 0.3 is 0 Å². The van der Waals surface area contributed by atoms with E-state index >= 15 is 0 Å². The van der Waals surface area contributed by atoms with Gasteiger partial charge in [-0.1, -0.05) is 57.2 Å². The highest BCUT2D eigenvalue weighted by Crippen LogP contribution is 2.50. The summed E-state index contributed by atoms with van der Waals surface area (Å²) >= 11 is 0. The molecular weight excluding hydrogens is 402 g/mol. The Hall–Kier alpha value is -3.39. The molecule has 2 nitrogen and oxygen atoms in total. The summed E-state index contributed by atoms with van der Waals surface area (Å²) in [4.78, 5) is 0. The van der Waals surface area contributed by atoms with E-state index in [0.717, 1.165) is 17.9 Å². The number of hydrogen-bond acceptors (Lipinski definition) is 1. The molecule has 33 heavy (non-hydrogen) atoms. The Morgan fingerprint density at radius 3 is 2.39 bits per heavy atom. The second-order valence-electron chi connectivity index (χ2n) is 10.8. The van der Waals surface area contributed by atoms with E-state index in [1.807, 2.05) is 0 Å². The highest BCUT2D eigenvalue weighted by Gasteiger charge is 2.31. The summed E-state index contributed by atoms with van der Waals surface area (Å²) in [7, 11) is 2.15. The van der Waals surface area contributed by atoms with Gasteiger partial charge in [0.1, 0.15) is 18.5 Å². The number of aromatic nitrogens is 1. The summed E-state index contributed by atoms with van der Waals surface area (Å²) in [5, 5.41) is 7.66. The fourth-order valence-electron chi connectivity index (χ4n) is 5.70. The predicted molar refractivity (Wildman–Crippen MR) is 138 cm³/mol. The van der Waals surface area contributed by atoms with Crippen LogP contribution in [0.2, 0.25) is 0 Å². The van der Waals surface area contributed by atoms with E-state index < -0.39 is 0 Å². The molecule has 2 heteroatoms. The Bertz CT molecular complexity index is 1620. The fourth-order valence-corrected chi connectivity index (χ4v) is 5.70. The molecule has 2 heterocycles. The van der Waals surface area contributed by atoms with Gasteiger partial charge in [-0.3, -0.25) is 0 Å². The van der Waals surface area contributed by atoms with Crippen molar-refractivity contribution in [2.45, 2.75) is 41.0 Å². The zero-order chi connectivity index (χ0) is 23.1. The average Bonchev–Trinajstić information content (AvgIpc) is 2.76. The van der Waals surface area contributed by atoms with Gasteiger partial charge in [-0.2, -0.15) is 0 Å². The van der Waals surface area contributed by atoms with Crippen LogP contribution in [0.3, 0.4) is 0 Å². The monoisotopic (exact) mass is 432 g/mol. The lowest BCUT2D eigenvalue weighted by atomic mass is 9.83. The number of ether oxygens (including phenoxy) is 1. The van der Waals surface area contributed by atoms with Gasteiger partial charge in [0.05, 0.1) is 10.9 Å². The van der Waals surface area contributed by atoms with Gasteiger partial charge in [0.25, 0.3) is 0 Å². The topological polar surface area (TPSA) is 13.1 Å². The summed E-state index contributed by atoms with van der Waals surface area (Å²) in [6.07, 6.45) is 3.24. The standard InChI is InChI=1S/C31H30NO/c1-18-11-12-21(17-31(3,4)5)24-16-26-29-23(27(18)24)13-14-32(6)30(29)28-19(2)22-10-8-7-9-20(22)15-25(28)33-26/h7-16H,17H2,1-6H3/q+1. The van der Waals surface area contributed by atoms with E-state index in [1.165, 1.54) is 60.3 Å². The summed E-state index contributed by atoms with van der Waals surface area (Å²) in [5.41, 5.74) is 6.64. The lowest BCUT2D eigenvalue weighted by molar-refractivity contribution is -0.659. The first kappa shape index (κ1) is 20.2. The van der Waals surface area contributed by atoms with E-state index in [2.05, 4.69) is 107 Å². The van der Waals surface area contributed by atoms with Crippen molar-refractivity contribution >= 4 is 32.3 Å². The number of fused-ring (bicyclic) bond motifs is 5. The summed E-state index contributed by atoms with van der Waals surface area (Å²) in [5.74, 6) is 1.91. The zero-order valence-electron chi connectivity index (χ0n) is 20.3. The van der Waals surface area contributed by atoms with Gasteiger partial charge in [0.2, 0.25) is 5.69 Å². The second-order valence-corrected chi connectivity index (χ2v) is 10.8. The molecule has 164 valence electrons. The maximum Gasteiger partial charge on any atom is 0.228 e. The third-order valence-corrected chi connectivity index (χ3v) is 7.11. The number of aryl methyl sites for hydroxylation is 3. The van der Waals surface area contributed by atoms with Gasteiger partial charge in [0.15, 0.2) is 6.20 Å². The molecule has 6 rings (SSSR count). The normalized spacial score (nSPS) is 12.9. The maximum atomic E-state index is 6.71. The van der Waals surface area contributed by atoms with Crippen LogP contribution in [0.5, 0.6) is 11.5 Å². The number of nitrogens with zero attached hydrogens (tertiary/aromatic N) is 1. The molecule has 1 aliphatic rings.